The van der Waals surface area contributed by atoms with Crippen LogP contribution in [-0.4, -0.2) is 34.1 Å². The van der Waals surface area contributed by atoms with Crippen LogP contribution in [0.15, 0.2) is 30.6 Å². The van der Waals surface area contributed by atoms with Gasteiger partial charge >= 0.3 is 0 Å². The van der Waals surface area contributed by atoms with E-state index in [1.165, 1.54) is 6.07 Å². The van der Waals surface area contributed by atoms with Crippen LogP contribution >= 0.6 is 0 Å². The molecular formula is C19H22FN5. The van der Waals surface area contributed by atoms with Gasteiger partial charge in [-0.3, -0.25) is 0 Å². The fraction of sp³-hybridized carbons (Fsp3) is 0.368. The van der Waals surface area contributed by atoms with Crippen LogP contribution in [0.4, 0.5) is 10.3 Å². The molecule has 0 aliphatic carbocycles. The zero-order valence-corrected chi connectivity index (χ0v) is 14.3. The zero-order chi connectivity index (χ0) is 17.2. The summed E-state index contributed by atoms with van der Waals surface area (Å²) in [6, 6.07) is 5.46. The second kappa shape index (κ2) is 6.80. The number of fused-ring (bicyclic) bond motifs is 1. The summed E-state index contributed by atoms with van der Waals surface area (Å²) in [6.45, 7) is 4.07. The third-order valence-corrected chi connectivity index (χ3v) is 4.80. The first-order chi connectivity index (χ1) is 12.3. The number of hydrogen-bond donors (Lipinski definition) is 3. The molecule has 0 bridgehead atoms. The van der Waals surface area contributed by atoms with Gasteiger partial charge in [0.05, 0.1) is 11.2 Å². The molecule has 2 aromatic heterocycles. The summed E-state index contributed by atoms with van der Waals surface area (Å²) < 4.78 is 14.0. The number of anilines is 1. The lowest BCUT2D eigenvalue weighted by Gasteiger charge is -2.24. The lowest BCUT2D eigenvalue weighted by Crippen LogP contribution is -2.38. The molecule has 1 atom stereocenters. The summed E-state index contributed by atoms with van der Waals surface area (Å²) >= 11 is 0. The Hall–Kier alpha value is -2.47. The van der Waals surface area contributed by atoms with Crippen LogP contribution in [0.2, 0.25) is 0 Å². The maximum Gasteiger partial charge on any atom is 0.223 e. The molecule has 5 nitrogen and oxygen atoms in total. The third kappa shape index (κ3) is 3.09. The molecule has 4 rings (SSSR count). The molecule has 0 unspecified atom stereocenters. The number of hydrogen-bond acceptors (Lipinski definition) is 4. The first kappa shape index (κ1) is 16.0. The van der Waals surface area contributed by atoms with Crippen molar-refractivity contribution in [3.05, 3.63) is 42.0 Å². The number of H-pyrrole nitrogens is 1. The molecule has 1 fully saturated rings. The average Bonchev–Trinajstić information content (AvgIpc) is 3.08. The van der Waals surface area contributed by atoms with Crippen molar-refractivity contribution in [3.8, 4) is 11.3 Å². The van der Waals surface area contributed by atoms with Gasteiger partial charge in [0.25, 0.3) is 0 Å². The average molecular weight is 339 g/mol. The van der Waals surface area contributed by atoms with Gasteiger partial charge in [-0.05, 0) is 37.4 Å². The van der Waals surface area contributed by atoms with E-state index in [4.69, 9.17) is 4.98 Å². The standard InChI is InChI=1S/C19H22FN5/c1-2-12-9-23-19(24-13-5-4-8-21-10-13)25-17(12)15-11-22-18-14(15)6-3-7-16(18)20/h3,6-7,9,11,13,21-22H,2,4-5,8,10H2,1H3,(H,23,24,25)/t13-/m0/s1. The molecule has 6 heteroatoms. The minimum Gasteiger partial charge on any atom is -0.358 e. The first-order valence-electron chi connectivity index (χ1n) is 8.85. The van der Waals surface area contributed by atoms with Gasteiger partial charge in [0.2, 0.25) is 5.95 Å². The predicted octanol–water partition coefficient (Wildman–Crippen LogP) is 3.49. The Labute approximate surface area is 146 Å². The highest BCUT2D eigenvalue weighted by molar-refractivity contribution is 5.95. The maximum atomic E-state index is 14.0. The first-order valence-corrected chi connectivity index (χ1v) is 8.85. The molecule has 3 heterocycles. The lowest BCUT2D eigenvalue weighted by atomic mass is 10.0. The minimum absolute atomic E-state index is 0.248. The monoisotopic (exact) mass is 339 g/mol. The number of aryl methyl sites for hydroxylation is 1. The van der Waals surface area contributed by atoms with Gasteiger partial charge in [-0.2, -0.15) is 0 Å². The molecule has 3 aromatic rings. The van der Waals surface area contributed by atoms with Crippen LogP contribution in [0, 0.1) is 5.82 Å². The van der Waals surface area contributed by atoms with E-state index in [0.717, 1.165) is 54.6 Å². The smallest absolute Gasteiger partial charge is 0.223 e. The van der Waals surface area contributed by atoms with Crippen molar-refractivity contribution in [1.29, 1.82) is 0 Å². The summed E-state index contributed by atoms with van der Waals surface area (Å²) in [5.74, 6) is 0.383. The van der Waals surface area contributed by atoms with Crippen molar-refractivity contribution in [2.75, 3.05) is 18.4 Å². The van der Waals surface area contributed by atoms with Gasteiger partial charge in [-0.15, -0.1) is 0 Å². The van der Waals surface area contributed by atoms with Gasteiger partial charge < -0.3 is 15.6 Å². The summed E-state index contributed by atoms with van der Waals surface area (Å²) in [5, 5.41) is 7.66. The number of aromatic nitrogens is 3. The number of para-hydroxylation sites is 1. The molecule has 1 saturated heterocycles. The summed E-state index contributed by atoms with van der Waals surface area (Å²) in [7, 11) is 0. The van der Waals surface area contributed by atoms with E-state index in [0.29, 0.717) is 17.5 Å². The van der Waals surface area contributed by atoms with Crippen molar-refractivity contribution >= 4 is 16.9 Å². The Bertz CT molecular complexity index is 883. The maximum absolute atomic E-state index is 14.0. The number of benzene rings is 1. The van der Waals surface area contributed by atoms with Crippen LogP contribution in [0.3, 0.4) is 0 Å². The third-order valence-electron chi connectivity index (χ3n) is 4.80. The van der Waals surface area contributed by atoms with Crippen LogP contribution in [0.1, 0.15) is 25.3 Å². The van der Waals surface area contributed by atoms with Crippen molar-refractivity contribution in [2.45, 2.75) is 32.2 Å². The van der Waals surface area contributed by atoms with Gasteiger partial charge in [-0.25, -0.2) is 14.4 Å². The highest BCUT2D eigenvalue weighted by Gasteiger charge is 2.17. The highest BCUT2D eigenvalue weighted by Crippen LogP contribution is 2.31. The molecule has 0 saturated carbocycles. The molecule has 130 valence electrons. The summed E-state index contributed by atoms with van der Waals surface area (Å²) in [6.07, 6.45) is 6.79. The van der Waals surface area contributed by atoms with E-state index in [-0.39, 0.29) is 5.82 Å². The number of halogens is 1. The second-order valence-corrected chi connectivity index (χ2v) is 6.47. The number of rotatable bonds is 4. The molecule has 1 aliphatic rings. The molecule has 3 N–H and O–H groups in total. The summed E-state index contributed by atoms with van der Waals surface area (Å²) in [5.41, 5.74) is 3.35. The zero-order valence-electron chi connectivity index (χ0n) is 14.3. The number of nitrogens with one attached hydrogen (secondary N) is 3. The Morgan fingerprint density at radius 2 is 2.28 bits per heavy atom. The lowest BCUT2D eigenvalue weighted by molar-refractivity contribution is 0.478. The second-order valence-electron chi connectivity index (χ2n) is 6.47. The van der Waals surface area contributed by atoms with Crippen molar-refractivity contribution in [3.63, 3.8) is 0 Å². The van der Waals surface area contributed by atoms with E-state index in [1.54, 1.807) is 6.07 Å². The molecule has 0 amide bonds. The van der Waals surface area contributed by atoms with Crippen LogP contribution in [0.5, 0.6) is 0 Å². The molecule has 1 aromatic carbocycles. The van der Waals surface area contributed by atoms with E-state index < -0.39 is 0 Å². The SMILES string of the molecule is CCc1cnc(N[C@H]2CCCNC2)nc1-c1c[nH]c2c(F)cccc12. The molecule has 25 heavy (non-hydrogen) atoms. The Balaban J connectivity index is 1.74. The molecule has 0 radical (unpaired) electrons. The minimum atomic E-state index is -0.248. The Morgan fingerprint density at radius 3 is 3.08 bits per heavy atom. The van der Waals surface area contributed by atoms with Crippen LogP contribution in [-0.2, 0) is 6.42 Å². The number of nitrogens with zero attached hydrogens (tertiary/aromatic N) is 2. The van der Waals surface area contributed by atoms with Crippen LogP contribution in [0.25, 0.3) is 22.2 Å². The van der Waals surface area contributed by atoms with E-state index >= 15 is 0 Å². The van der Waals surface area contributed by atoms with Crippen LogP contribution < -0.4 is 10.6 Å². The largest absolute Gasteiger partial charge is 0.358 e. The quantitative estimate of drug-likeness (QED) is 0.681. The molecule has 1 aliphatic heterocycles. The Kier molecular flexibility index (Phi) is 4.36. The fourth-order valence-corrected chi connectivity index (χ4v) is 3.44. The fourth-order valence-electron chi connectivity index (χ4n) is 3.44. The van der Waals surface area contributed by atoms with Gasteiger partial charge in [0, 0.05) is 35.9 Å². The molecule has 0 spiro atoms. The van der Waals surface area contributed by atoms with Crippen molar-refractivity contribution < 1.29 is 4.39 Å². The highest BCUT2D eigenvalue weighted by atomic mass is 19.1. The summed E-state index contributed by atoms with van der Waals surface area (Å²) in [4.78, 5) is 12.3. The van der Waals surface area contributed by atoms with Crippen molar-refractivity contribution in [1.82, 2.24) is 20.3 Å². The normalized spacial score (nSPS) is 17.8. The molecular weight excluding hydrogens is 317 g/mol. The topological polar surface area (TPSA) is 65.6 Å². The van der Waals surface area contributed by atoms with E-state index in [2.05, 4.69) is 27.5 Å². The van der Waals surface area contributed by atoms with Gasteiger partial charge in [0.1, 0.15) is 5.82 Å². The Morgan fingerprint density at radius 1 is 1.36 bits per heavy atom. The van der Waals surface area contributed by atoms with E-state index in [1.807, 2.05) is 18.5 Å². The predicted molar refractivity (Wildman–Crippen MR) is 98.2 cm³/mol. The van der Waals surface area contributed by atoms with E-state index in [9.17, 15) is 4.39 Å². The number of aromatic amines is 1. The van der Waals surface area contributed by atoms with Crippen molar-refractivity contribution in [2.24, 2.45) is 0 Å². The van der Waals surface area contributed by atoms with Gasteiger partial charge in [-0.1, -0.05) is 19.1 Å². The number of piperidine rings is 1. The van der Waals surface area contributed by atoms with Gasteiger partial charge in [0.15, 0.2) is 0 Å².